The predicted octanol–water partition coefficient (Wildman–Crippen LogP) is 2.78. The highest BCUT2D eigenvalue weighted by molar-refractivity contribution is 8.00. The maximum absolute atomic E-state index is 12.8. The van der Waals surface area contributed by atoms with Gasteiger partial charge < -0.3 is 10.6 Å². The quantitative estimate of drug-likeness (QED) is 0.830. The lowest BCUT2D eigenvalue weighted by molar-refractivity contribution is -0.126. The summed E-state index contributed by atoms with van der Waals surface area (Å²) in [6.45, 7) is 2.16. The summed E-state index contributed by atoms with van der Waals surface area (Å²) < 4.78 is 0. The Kier molecular flexibility index (Phi) is 5.50. The SMILES string of the molecule is CC1CCSC1C(=O)N[C@@H]1Cc2ccccc2[C@H]1NC(=O)C1CCSC1. The molecule has 2 heterocycles. The van der Waals surface area contributed by atoms with E-state index in [1.807, 2.05) is 23.9 Å². The molecule has 0 radical (unpaired) electrons. The van der Waals surface area contributed by atoms with E-state index in [-0.39, 0.29) is 35.1 Å². The second-order valence-corrected chi connectivity index (χ2v) is 10.0. The molecule has 3 aliphatic rings. The summed E-state index contributed by atoms with van der Waals surface area (Å²) in [7, 11) is 0. The van der Waals surface area contributed by atoms with E-state index in [0.29, 0.717) is 5.92 Å². The fourth-order valence-electron chi connectivity index (χ4n) is 4.22. The number of benzene rings is 1. The van der Waals surface area contributed by atoms with E-state index < -0.39 is 0 Å². The van der Waals surface area contributed by atoms with Crippen LogP contribution in [0.3, 0.4) is 0 Å². The number of hydrogen-bond donors (Lipinski definition) is 2. The van der Waals surface area contributed by atoms with E-state index in [2.05, 4.69) is 29.7 Å². The van der Waals surface area contributed by atoms with Gasteiger partial charge in [0.2, 0.25) is 11.8 Å². The molecule has 2 fully saturated rings. The molecule has 140 valence electrons. The van der Waals surface area contributed by atoms with Crippen molar-refractivity contribution in [3.63, 3.8) is 0 Å². The second-order valence-electron chi connectivity index (χ2n) is 7.62. The van der Waals surface area contributed by atoms with Gasteiger partial charge in [-0.2, -0.15) is 11.8 Å². The Balaban J connectivity index is 1.49. The fraction of sp³-hybridized carbons (Fsp3) is 0.600. The number of fused-ring (bicyclic) bond motifs is 1. The molecule has 26 heavy (non-hydrogen) atoms. The molecule has 0 saturated carbocycles. The largest absolute Gasteiger partial charge is 0.350 e. The molecule has 2 N–H and O–H groups in total. The Hall–Kier alpha value is -1.14. The second kappa shape index (κ2) is 7.85. The summed E-state index contributed by atoms with van der Waals surface area (Å²) in [5.41, 5.74) is 2.39. The topological polar surface area (TPSA) is 58.2 Å². The molecule has 6 heteroatoms. The zero-order chi connectivity index (χ0) is 18.1. The van der Waals surface area contributed by atoms with E-state index in [9.17, 15) is 9.59 Å². The normalized spacial score (nSPS) is 33.0. The van der Waals surface area contributed by atoms with Gasteiger partial charge in [0, 0.05) is 11.7 Å². The van der Waals surface area contributed by atoms with Crippen LogP contribution in [0.15, 0.2) is 24.3 Å². The minimum absolute atomic E-state index is 0.0429. The average molecular weight is 391 g/mol. The molecule has 2 aliphatic heterocycles. The van der Waals surface area contributed by atoms with Crippen LogP contribution in [0.5, 0.6) is 0 Å². The number of thioether (sulfide) groups is 2. The van der Waals surface area contributed by atoms with Gasteiger partial charge in [0.15, 0.2) is 0 Å². The first-order valence-corrected chi connectivity index (χ1v) is 11.7. The van der Waals surface area contributed by atoms with Crippen molar-refractivity contribution in [1.82, 2.24) is 10.6 Å². The van der Waals surface area contributed by atoms with Gasteiger partial charge in [-0.25, -0.2) is 0 Å². The lowest BCUT2D eigenvalue weighted by Gasteiger charge is -2.26. The number of hydrogen-bond acceptors (Lipinski definition) is 4. The lowest BCUT2D eigenvalue weighted by Crippen LogP contribution is -2.48. The minimum Gasteiger partial charge on any atom is -0.350 e. The highest BCUT2D eigenvalue weighted by atomic mass is 32.2. The maximum Gasteiger partial charge on any atom is 0.233 e. The van der Waals surface area contributed by atoms with Crippen LogP contribution >= 0.6 is 23.5 Å². The highest BCUT2D eigenvalue weighted by Gasteiger charge is 2.38. The molecule has 1 aromatic carbocycles. The standard InChI is InChI=1S/C20H26N2O2S2/c1-12-6-9-26-18(12)20(24)21-16-10-13-4-2-3-5-15(13)17(16)22-19(23)14-7-8-25-11-14/h2-5,12,14,16-18H,6-11H2,1H3,(H,21,24)(H,22,23)/t12?,14?,16-,17-,18?/m1/s1. The van der Waals surface area contributed by atoms with Crippen LogP contribution in [0.25, 0.3) is 0 Å². The molecule has 1 aromatic rings. The fourth-order valence-corrected chi connectivity index (χ4v) is 6.88. The van der Waals surface area contributed by atoms with Crippen LogP contribution in [-0.2, 0) is 16.0 Å². The molecular weight excluding hydrogens is 364 g/mol. The maximum atomic E-state index is 12.8. The van der Waals surface area contributed by atoms with Crippen molar-refractivity contribution in [2.45, 2.75) is 43.5 Å². The van der Waals surface area contributed by atoms with Crippen molar-refractivity contribution in [2.75, 3.05) is 17.3 Å². The molecule has 5 atom stereocenters. The lowest BCUT2D eigenvalue weighted by atomic mass is 10.0. The van der Waals surface area contributed by atoms with E-state index in [1.165, 1.54) is 5.56 Å². The monoisotopic (exact) mass is 390 g/mol. The Morgan fingerprint density at radius 1 is 1.08 bits per heavy atom. The summed E-state index contributed by atoms with van der Waals surface area (Å²) >= 11 is 3.61. The summed E-state index contributed by atoms with van der Waals surface area (Å²) in [6, 6.07) is 8.08. The Morgan fingerprint density at radius 3 is 2.65 bits per heavy atom. The molecule has 2 amide bonds. The van der Waals surface area contributed by atoms with Crippen LogP contribution in [0.1, 0.15) is 36.9 Å². The summed E-state index contributed by atoms with van der Waals surface area (Å²) in [5.74, 6) is 3.84. The summed E-state index contributed by atoms with van der Waals surface area (Å²) in [6.07, 6.45) is 2.85. The van der Waals surface area contributed by atoms with Gasteiger partial charge >= 0.3 is 0 Å². The van der Waals surface area contributed by atoms with E-state index in [1.54, 1.807) is 11.8 Å². The molecule has 1 aliphatic carbocycles. The third-order valence-electron chi connectivity index (χ3n) is 5.80. The molecule has 0 bridgehead atoms. The van der Waals surface area contributed by atoms with Gasteiger partial charge in [0.05, 0.1) is 17.3 Å². The van der Waals surface area contributed by atoms with Gasteiger partial charge in [0.1, 0.15) is 0 Å². The smallest absolute Gasteiger partial charge is 0.233 e. The van der Waals surface area contributed by atoms with Crippen molar-refractivity contribution >= 4 is 35.3 Å². The Bertz CT molecular complexity index is 690. The van der Waals surface area contributed by atoms with Gasteiger partial charge in [-0.15, -0.1) is 11.8 Å². The minimum atomic E-state index is -0.116. The number of carbonyl (C=O) groups excluding carboxylic acids is 2. The number of nitrogens with one attached hydrogen (secondary N) is 2. The molecule has 0 aromatic heterocycles. The van der Waals surface area contributed by atoms with Gasteiger partial charge in [0.25, 0.3) is 0 Å². The molecular formula is C20H26N2O2S2. The van der Waals surface area contributed by atoms with Crippen LogP contribution in [0.2, 0.25) is 0 Å². The van der Waals surface area contributed by atoms with Crippen LogP contribution in [-0.4, -0.2) is 40.4 Å². The van der Waals surface area contributed by atoms with Crippen LogP contribution < -0.4 is 10.6 Å². The van der Waals surface area contributed by atoms with E-state index in [0.717, 1.165) is 42.1 Å². The molecule has 2 saturated heterocycles. The highest BCUT2D eigenvalue weighted by Crippen LogP contribution is 2.35. The van der Waals surface area contributed by atoms with E-state index in [4.69, 9.17) is 0 Å². The van der Waals surface area contributed by atoms with Crippen LogP contribution in [0.4, 0.5) is 0 Å². The third-order valence-corrected chi connectivity index (χ3v) is 8.48. The van der Waals surface area contributed by atoms with Crippen molar-refractivity contribution in [3.05, 3.63) is 35.4 Å². The zero-order valence-electron chi connectivity index (χ0n) is 15.1. The predicted molar refractivity (Wildman–Crippen MR) is 108 cm³/mol. The molecule has 0 spiro atoms. The molecule has 4 nitrogen and oxygen atoms in total. The van der Waals surface area contributed by atoms with Gasteiger partial charge in [-0.3, -0.25) is 9.59 Å². The van der Waals surface area contributed by atoms with Crippen molar-refractivity contribution in [1.29, 1.82) is 0 Å². The van der Waals surface area contributed by atoms with Crippen molar-refractivity contribution < 1.29 is 9.59 Å². The summed E-state index contributed by atoms with van der Waals surface area (Å²) in [4.78, 5) is 25.5. The first kappa shape index (κ1) is 18.2. The van der Waals surface area contributed by atoms with Crippen molar-refractivity contribution in [2.24, 2.45) is 11.8 Å². The summed E-state index contributed by atoms with van der Waals surface area (Å²) in [5, 5.41) is 6.57. The third kappa shape index (κ3) is 3.63. The first-order chi connectivity index (χ1) is 12.6. The van der Waals surface area contributed by atoms with Crippen molar-refractivity contribution in [3.8, 4) is 0 Å². The van der Waals surface area contributed by atoms with Gasteiger partial charge in [-0.1, -0.05) is 31.2 Å². The number of rotatable bonds is 4. The number of carbonyl (C=O) groups is 2. The Morgan fingerprint density at radius 2 is 1.92 bits per heavy atom. The zero-order valence-corrected chi connectivity index (χ0v) is 16.7. The average Bonchev–Trinajstić information content (AvgIpc) is 3.36. The van der Waals surface area contributed by atoms with E-state index >= 15 is 0 Å². The Labute approximate surface area is 163 Å². The van der Waals surface area contributed by atoms with Crippen LogP contribution in [0, 0.1) is 11.8 Å². The first-order valence-electron chi connectivity index (χ1n) is 9.51. The molecule has 4 rings (SSSR count). The molecule has 3 unspecified atom stereocenters. The van der Waals surface area contributed by atoms with Gasteiger partial charge in [-0.05, 0) is 47.8 Å². The number of amides is 2.